The normalized spacial score (nSPS) is 12.9. The SMILES string of the molecule is Cn1cc(CCCC(=O)Nc2ccc3c(c2)C(=O)NC3=O)c2ccccc21. The van der Waals surface area contributed by atoms with Gasteiger partial charge >= 0.3 is 0 Å². The summed E-state index contributed by atoms with van der Waals surface area (Å²) in [5.74, 6) is -0.940. The van der Waals surface area contributed by atoms with Crippen molar-refractivity contribution in [2.24, 2.45) is 7.05 Å². The highest BCUT2D eigenvalue weighted by Crippen LogP contribution is 2.23. The van der Waals surface area contributed by atoms with Gasteiger partial charge in [0.2, 0.25) is 5.91 Å². The van der Waals surface area contributed by atoms with Gasteiger partial charge in [-0.15, -0.1) is 0 Å². The zero-order chi connectivity index (χ0) is 19.0. The molecule has 4 rings (SSSR count). The number of carbonyl (C=O) groups is 3. The Morgan fingerprint density at radius 2 is 1.85 bits per heavy atom. The van der Waals surface area contributed by atoms with Gasteiger partial charge in [0.05, 0.1) is 11.1 Å². The van der Waals surface area contributed by atoms with Gasteiger partial charge in [0.15, 0.2) is 0 Å². The van der Waals surface area contributed by atoms with Gasteiger partial charge in [0, 0.05) is 36.3 Å². The van der Waals surface area contributed by atoms with Crippen LogP contribution in [0.1, 0.15) is 39.1 Å². The van der Waals surface area contributed by atoms with Crippen LogP contribution >= 0.6 is 0 Å². The molecule has 0 spiro atoms. The van der Waals surface area contributed by atoms with Crippen molar-refractivity contribution >= 4 is 34.3 Å². The molecule has 2 heterocycles. The molecule has 2 aromatic carbocycles. The molecule has 0 aliphatic carbocycles. The number of fused-ring (bicyclic) bond motifs is 2. The first-order valence-electron chi connectivity index (χ1n) is 8.85. The zero-order valence-electron chi connectivity index (χ0n) is 14.9. The number of hydrogen-bond acceptors (Lipinski definition) is 3. The van der Waals surface area contributed by atoms with Gasteiger partial charge in [-0.2, -0.15) is 0 Å². The van der Waals surface area contributed by atoms with Crippen LogP contribution in [0.2, 0.25) is 0 Å². The van der Waals surface area contributed by atoms with Crippen molar-refractivity contribution in [2.45, 2.75) is 19.3 Å². The predicted molar refractivity (Wildman–Crippen MR) is 103 cm³/mol. The summed E-state index contributed by atoms with van der Waals surface area (Å²) in [6.45, 7) is 0. The summed E-state index contributed by atoms with van der Waals surface area (Å²) in [6, 6.07) is 13.0. The van der Waals surface area contributed by atoms with Crippen LogP contribution in [0, 0.1) is 0 Å². The molecule has 6 nitrogen and oxygen atoms in total. The van der Waals surface area contributed by atoms with Crippen molar-refractivity contribution in [1.82, 2.24) is 9.88 Å². The van der Waals surface area contributed by atoms with Crippen LogP contribution < -0.4 is 10.6 Å². The van der Waals surface area contributed by atoms with E-state index in [0.29, 0.717) is 23.2 Å². The first-order valence-corrected chi connectivity index (χ1v) is 8.85. The third-order valence-corrected chi connectivity index (χ3v) is 4.85. The molecular formula is C21H19N3O3. The van der Waals surface area contributed by atoms with Crippen molar-refractivity contribution in [3.05, 3.63) is 65.4 Å². The molecule has 0 saturated heterocycles. The molecule has 136 valence electrons. The lowest BCUT2D eigenvalue weighted by Gasteiger charge is -2.06. The van der Waals surface area contributed by atoms with E-state index >= 15 is 0 Å². The van der Waals surface area contributed by atoms with Crippen LogP contribution in [0.4, 0.5) is 5.69 Å². The molecule has 0 fully saturated rings. The molecule has 27 heavy (non-hydrogen) atoms. The lowest BCUT2D eigenvalue weighted by molar-refractivity contribution is -0.116. The summed E-state index contributed by atoms with van der Waals surface area (Å²) in [5, 5.41) is 6.26. The van der Waals surface area contributed by atoms with E-state index in [4.69, 9.17) is 0 Å². The average Bonchev–Trinajstić information content (AvgIpc) is 3.12. The van der Waals surface area contributed by atoms with Crippen LogP contribution in [0.15, 0.2) is 48.7 Å². The fourth-order valence-corrected chi connectivity index (χ4v) is 3.53. The monoisotopic (exact) mass is 361 g/mol. The molecule has 3 aromatic rings. The van der Waals surface area contributed by atoms with E-state index in [0.717, 1.165) is 12.8 Å². The Bertz CT molecular complexity index is 1080. The minimum Gasteiger partial charge on any atom is -0.350 e. The number of rotatable bonds is 5. The lowest BCUT2D eigenvalue weighted by Crippen LogP contribution is -2.19. The summed E-state index contributed by atoms with van der Waals surface area (Å²) in [7, 11) is 2.02. The Hall–Kier alpha value is -3.41. The van der Waals surface area contributed by atoms with Crippen LogP contribution in [-0.4, -0.2) is 22.3 Å². The maximum Gasteiger partial charge on any atom is 0.259 e. The van der Waals surface area contributed by atoms with E-state index in [2.05, 4.69) is 33.5 Å². The van der Waals surface area contributed by atoms with Crippen LogP contribution in [-0.2, 0) is 18.3 Å². The van der Waals surface area contributed by atoms with Gasteiger partial charge in [-0.1, -0.05) is 18.2 Å². The Balaban J connectivity index is 1.37. The number of nitrogens with one attached hydrogen (secondary N) is 2. The Kier molecular flexibility index (Phi) is 4.24. The van der Waals surface area contributed by atoms with Gasteiger partial charge in [0.25, 0.3) is 11.8 Å². The van der Waals surface area contributed by atoms with Gasteiger partial charge < -0.3 is 9.88 Å². The van der Waals surface area contributed by atoms with Crippen LogP contribution in [0.3, 0.4) is 0 Å². The van der Waals surface area contributed by atoms with E-state index < -0.39 is 11.8 Å². The summed E-state index contributed by atoms with van der Waals surface area (Å²) in [5.41, 5.74) is 3.58. The number of hydrogen-bond donors (Lipinski definition) is 2. The molecule has 1 aromatic heterocycles. The smallest absolute Gasteiger partial charge is 0.259 e. The molecule has 0 saturated carbocycles. The molecule has 3 amide bonds. The highest BCUT2D eigenvalue weighted by Gasteiger charge is 2.26. The second-order valence-corrected chi connectivity index (χ2v) is 6.73. The first-order chi connectivity index (χ1) is 13.0. The van der Waals surface area contributed by atoms with Crippen molar-refractivity contribution in [1.29, 1.82) is 0 Å². The number of imide groups is 1. The van der Waals surface area contributed by atoms with Crippen LogP contribution in [0.5, 0.6) is 0 Å². The number of aryl methyl sites for hydroxylation is 2. The largest absolute Gasteiger partial charge is 0.350 e. The van der Waals surface area contributed by atoms with Crippen molar-refractivity contribution in [3.8, 4) is 0 Å². The molecule has 0 atom stereocenters. The quantitative estimate of drug-likeness (QED) is 0.686. The topological polar surface area (TPSA) is 80.2 Å². The molecule has 1 aliphatic rings. The van der Waals surface area contributed by atoms with Gasteiger partial charge in [-0.05, 0) is 42.7 Å². The van der Waals surface area contributed by atoms with Gasteiger partial charge in [-0.3, -0.25) is 19.7 Å². The number of benzene rings is 2. The maximum atomic E-state index is 12.2. The minimum absolute atomic E-state index is 0.111. The summed E-state index contributed by atoms with van der Waals surface area (Å²) in [4.78, 5) is 35.5. The van der Waals surface area contributed by atoms with Crippen molar-refractivity contribution in [2.75, 3.05) is 5.32 Å². The number of para-hydroxylation sites is 1. The number of aromatic nitrogens is 1. The molecule has 0 radical (unpaired) electrons. The fraction of sp³-hybridized carbons (Fsp3) is 0.190. The maximum absolute atomic E-state index is 12.2. The van der Waals surface area contributed by atoms with E-state index in [9.17, 15) is 14.4 Å². The predicted octanol–water partition coefficient (Wildman–Crippen LogP) is 3.02. The lowest BCUT2D eigenvalue weighted by atomic mass is 10.1. The third kappa shape index (κ3) is 3.21. The minimum atomic E-state index is -0.429. The van der Waals surface area contributed by atoms with Crippen molar-refractivity contribution < 1.29 is 14.4 Å². The zero-order valence-corrected chi connectivity index (χ0v) is 14.9. The number of carbonyl (C=O) groups excluding carboxylic acids is 3. The molecular weight excluding hydrogens is 342 g/mol. The van der Waals surface area contributed by atoms with E-state index in [-0.39, 0.29) is 5.91 Å². The third-order valence-electron chi connectivity index (χ3n) is 4.85. The molecule has 1 aliphatic heterocycles. The fourth-order valence-electron chi connectivity index (χ4n) is 3.53. The Labute approximate surface area is 156 Å². The van der Waals surface area contributed by atoms with E-state index in [1.165, 1.54) is 22.5 Å². The number of nitrogens with zero attached hydrogens (tertiary/aromatic N) is 1. The summed E-state index contributed by atoms with van der Waals surface area (Å²) in [6.07, 6.45) is 4.03. The van der Waals surface area contributed by atoms with Crippen molar-refractivity contribution in [3.63, 3.8) is 0 Å². The molecule has 6 heteroatoms. The Morgan fingerprint density at radius 3 is 2.70 bits per heavy atom. The van der Waals surface area contributed by atoms with E-state index in [1.807, 2.05) is 19.2 Å². The average molecular weight is 361 g/mol. The van der Waals surface area contributed by atoms with Gasteiger partial charge in [-0.25, -0.2) is 0 Å². The molecule has 0 unspecified atom stereocenters. The Morgan fingerprint density at radius 1 is 1.07 bits per heavy atom. The van der Waals surface area contributed by atoms with Crippen LogP contribution in [0.25, 0.3) is 10.9 Å². The second-order valence-electron chi connectivity index (χ2n) is 6.73. The van der Waals surface area contributed by atoms with E-state index in [1.54, 1.807) is 12.1 Å². The first kappa shape index (κ1) is 17.0. The highest BCUT2D eigenvalue weighted by molar-refractivity contribution is 6.22. The summed E-state index contributed by atoms with van der Waals surface area (Å²) >= 11 is 0. The standard InChI is InChI=1S/C21H19N3O3/c1-24-12-13(15-6-2-3-7-18(15)24)5-4-8-19(25)22-14-9-10-16-17(11-14)21(27)23-20(16)26/h2-3,6-7,9-12H,4-5,8H2,1H3,(H,22,25)(H,23,26,27). The number of anilines is 1. The second kappa shape index (κ2) is 6.72. The summed E-state index contributed by atoms with van der Waals surface area (Å²) < 4.78 is 2.10. The number of amides is 3. The molecule has 0 bridgehead atoms. The highest BCUT2D eigenvalue weighted by atomic mass is 16.2. The van der Waals surface area contributed by atoms with Gasteiger partial charge in [0.1, 0.15) is 0 Å². The molecule has 2 N–H and O–H groups in total.